The second kappa shape index (κ2) is 10.6. The molecule has 2 heterocycles. The van der Waals surface area contributed by atoms with Gasteiger partial charge in [-0.15, -0.1) is 0 Å². The predicted octanol–water partition coefficient (Wildman–Crippen LogP) is 2.94. The van der Waals surface area contributed by atoms with Crippen molar-refractivity contribution >= 4 is 11.6 Å². The first-order valence-corrected chi connectivity index (χ1v) is 11.4. The number of aromatic nitrogens is 2. The first kappa shape index (κ1) is 24.3. The molecule has 0 fully saturated rings. The Balaban J connectivity index is 1.69. The van der Waals surface area contributed by atoms with Gasteiger partial charge in [0.15, 0.2) is 5.76 Å². The molecule has 184 valence electrons. The summed E-state index contributed by atoms with van der Waals surface area (Å²) in [5, 5.41) is 21.5. The third kappa shape index (κ3) is 5.31. The Morgan fingerprint density at radius 2 is 1.97 bits per heavy atom. The third-order valence-electron chi connectivity index (χ3n) is 5.96. The Morgan fingerprint density at radius 3 is 2.69 bits per heavy atom. The molecule has 0 saturated carbocycles. The minimum atomic E-state index is -0.773. The summed E-state index contributed by atoms with van der Waals surface area (Å²) in [5.74, 6) is -0.914. The number of phenolic OH excluding ortho intramolecular Hbond substituents is 1. The Bertz CT molecular complexity index is 1280. The molecule has 35 heavy (non-hydrogen) atoms. The molecule has 1 aliphatic rings. The van der Waals surface area contributed by atoms with E-state index in [-0.39, 0.29) is 30.3 Å². The Hall–Kier alpha value is -3.82. The zero-order chi connectivity index (χ0) is 24.9. The number of allylic oxidation sites excluding steroid dienone is 1. The van der Waals surface area contributed by atoms with E-state index in [1.54, 1.807) is 27.6 Å². The number of rotatable bonds is 8. The molecule has 9 nitrogen and oxygen atoms in total. The number of aromatic hydroxyl groups is 1. The first-order chi connectivity index (χ1) is 16.9. The van der Waals surface area contributed by atoms with Crippen LogP contribution in [0, 0.1) is 6.92 Å². The van der Waals surface area contributed by atoms with Crippen LogP contribution in [0.5, 0.6) is 5.75 Å². The standard InChI is InChI=1S/C26H29N3O6/c1-17-24(26(33)29(28(17)2)20-9-4-3-5-10-20)18-14-22(35-23(15-18)34-13-7-12-30)25(32)27-19-8-6-11-21(31)16-19/h3-6,8-11,14,16,18,23,30-31H,7,12-13,15H2,1-2H3,(H,27,32)/t18-,23+/m1/s1. The minimum Gasteiger partial charge on any atom is -0.508 e. The number of aliphatic hydroxyl groups excluding tert-OH is 1. The molecule has 0 saturated heterocycles. The summed E-state index contributed by atoms with van der Waals surface area (Å²) in [5.41, 5.74) is 2.28. The number of nitrogens with one attached hydrogen (secondary N) is 1. The number of aliphatic hydroxyl groups is 1. The Labute approximate surface area is 202 Å². The van der Waals surface area contributed by atoms with Crippen LogP contribution in [-0.2, 0) is 21.3 Å². The molecule has 1 aromatic heterocycles. The number of nitrogens with zero attached hydrogens (tertiary/aromatic N) is 2. The summed E-state index contributed by atoms with van der Waals surface area (Å²) in [4.78, 5) is 26.6. The number of phenols is 1. The van der Waals surface area contributed by atoms with E-state index < -0.39 is 18.1 Å². The number of anilines is 1. The highest BCUT2D eigenvalue weighted by atomic mass is 16.7. The number of amides is 1. The lowest BCUT2D eigenvalue weighted by Gasteiger charge is -2.28. The molecule has 0 aliphatic carbocycles. The molecule has 2 aromatic carbocycles. The summed E-state index contributed by atoms with van der Waals surface area (Å²) < 4.78 is 15.0. The second-order valence-electron chi connectivity index (χ2n) is 8.35. The monoisotopic (exact) mass is 479 g/mol. The van der Waals surface area contributed by atoms with Crippen LogP contribution in [0.15, 0.2) is 71.2 Å². The van der Waals surface area contributed by atoms with Gasteiger partial charge in [0.2, 0.25) is 6.29 Å². The topological polar surface area (TPSA) is 115 Å². The van der Waals surface area contributed by atoms with Gasteiger partial charge in [0.05, 0.1) is 12.3 Å². The first-order valence-electron chi connectivity index (χ1n) is 11.4. The fourth-order valence-corrected chi connectivity index (χ4v) is 4.19. The van der Waals surface area contributed by atoms with Gasteiger partial charge < -0.3 is 25.0 Å². The summed E-state index contributed by atoms with van der Waals surface area (Å²) in [7, 11) is 1.82. The molecule has 3 N–H and O–H groups in total. The molecule has 9 heteroatoms. The van der Waals surface area contributed by atoms with Crippen LogP contribution in [-0.4, -0.2) is 45.0 Å². The van der Waals surface area contributed by atoms with Crippen molar-refractivity contribution in [3.63, 3.8) is 0 Å². The molecular weight excluding hydrogens is 450 g/mol. The molecule has 0 spiro atoms. The highest BCUT2D eigenvalue weighted by molar-refractivity contribution is 6.02. The maximum atomic E-state index is 13.6. The largest absolute Gasteiger partial charge is 0.508 e. The molecule has 0 unspecified atom stereocenters. The van der Waals surface area contributed by atoms with Crippen LogP contribution < -0.4 is 10.9 Å². The van der Waals surface area contributed by atoms with E-state index in [9.17, 15) is 14.7 Å². The molecule has 2 atom stereocenters. The number of carbonyl (C=O) groups excluding carboxylic acids is 1. The molecule has 1 amide bonds. The zero-order valence-electron chi connectivity index (χ0n) is 19.7. The van der Waals surface area contributed by atoms with Crippen molar-refractivity contribution in [1.82, 2.24) is 9.36 Å². The molecular formula is C26H29N3O6. The van der Waals surface area contributed by atoms with Gasteiger partial charge in [0, 0.05) is 49.0 Å². The highest BCUT2D eigenvalue weighted by Gasteiger charge is 2.33. The van der Waals surface area contributed by atoms with Crippen molar-refractivity contribution in [2.45, 2.75) is 32.0 Å². The van der Waals surface area contributed by atoms with Gasteiger partial charge in [-0.3, -0.25) is 14.3 Å². The number of ether oxygens (including phenoxy) is 2. The number of benzene rings is 2. The molecule has 0 bridgehead atoms. The van der Waals surface area contributed by atoms with Gasteiger partial charge in [0.25, 0.3) is 11.5 Å². The van der Waals surface area contributed by atoms with Gasteiger partial charge in [0.1, 0.15) is 5.75 Å². The van der Waals surface area contributed by atoms with Gasteiger partial charge in [-0.25, -0.2) is 4.68 Å². The number of hydrogen-bond acceptors (Lipinski definition) is 6. The van der Waals surface area contributed by atoms with E-state index in [2.05, 4.69) is 5.32 Å². The van der Waals surface area contributed by atoms with Crippen LogP contribution in [0.2, 0.25) is 0 Å². The van der Waals surface area contributed by atoms with Gasteiger partial charge in [-0.2, -0.15) is 0 Å². The summed E-state index contributed by atoms with van der Waals surface area (Å²) in [6.45, 7) is 2.08. The second-order valence-corrected chi connectivity index (χ2v) is 8.35. The van der Waals surface area contributed by atoms with Crippen molar-refractivity contribution in [1.29, 1.82) is 0 Å². The smallest absolute Gasteiger partial charge is 0.290 e. The van der Waals surface area contributed by atoms with Gasteiger partial charge >= 0.3 is 0 Å². The Kier molecular flexibility index (Phi) is 7.38. The average molecular weight is 480 g/mol. The van der Waals surface area contributed by atoms with Crippen LogP contribution in [0.25, 0.3) is 5.69 Å². The Morgan fingerprint density at radius 1 is 1.20 bits per heavy atom. The van der Waals surface area contributed by atoms with E-state index in [1.165, 1.54) is 12.1 Å². The van der Waals surface area contributed by atoms with Gasteiger partial charge in [-0.05, 0) is 43.7 Å². The molecule has 3 aromatic rings. The van der Waals surface area contributed by atoms with Gasteiger partial charge in [-0.1, -0.05) is 24.3 Å². The maximum absolute atomic E-state index is 13.6. The van der Waals surface area contributed by atoms with Crippen molar-refractivity contribution in [2.75, 3.05) is 18.5 Å². The maximum Gasteiger partial charge on any atom is 0.290 e. The van der Waals surface area contributed by atoms with Crippen molar-refractivity contribution in [3.05, 3.63) is 88.0 Å². The van der Waals surface area contributed by atoms with Crippen molar-refractivity contribution in [3.8, 4) is 11.4 Å². The van der Waals surface area contributed by atoms with E-state index >= 15 is 0 Å². The van der Waals surface area contributed by atoms with Crippen LogP contribution >= 0.6 is 0 Å². The van der Waals surface area contributed by atoms with Crippen molar-refractivity contribution in [2.24, 2.45) is 7.05 Å². The van der Waals surface area contributed by atoms with Crippen molar-refractivity contribution < 1.29 is 24.5 Å². The van der Waals surface area contributed by atoms with Crippen LogP contribution in [0.3, 0.4) is 0 Å². The van der Waals surface area contributed by atoms with E-state index in [0.717, 1.165) is 11.4 Å². The van der Waals surface area contributed by atoms with E-state index in [0.29, 0.717) is 24.1 Å². The number of para-hydroxylation sites is 1. The van der Waals surface area contributed by atoms with Crippen LogP contribution in [0.4, 0.5) is 5.69 Å². The predicted molar refractivity (Wildman–Crippen MR) is 130 cm³/mol. The lowest BCUT2D eigenvalue weighted by Crippen LogP contribution is -2.31. The highest BCUT2D eigenvalue weighted by Crippen LogP contribution is 2.32. The lowest BCUT2D eigenvalue weighted by molar-refractivity contribution is -0.144. The normalized spacial score (nSPS) is 17.5. The zero-order valence-corrected chi connectivity index (χ0v) is 19.7. The van der Waals surface area contributed by atoms with E-state index in [4.69, 9.17) is 14.6 Å². The number of hydrogen-bond donors (Lipinski definition) is 3. The summed E-state index contributed by atoms with van der Waals surface area (Å²) in [6, 6.07) is 15.5. The van der Waals surface area contributed by atoms with Crippen LogP contribution in [0.1, 0.15) is 30.0 Å². The third-order valence-corrected chi connectivity index (χ3v) is 5.96. The summed E-state index contributed by atoms with van der Waals surface area (Å²) in [6.07, 6.45) is 1.63. The summed E-state index contributed by atoms with van der Waals surface area (Å²) >= 11 is 0. The van der Waals surface area contributed by atoms with E-state index in [1.807, 2.05) is 44.3 Å². The number of carbonyl (C=O) groups is 1. The lowest BCUT2D eigenvalue weighted by atomic mass is 9.93. The fourth-order valence-electron chi connectivity index (χ4n) is 4.19. The molecule has 4 rings (SSSR count). The average Bonchev–Trinajstić information content (AvgIpc) is 3.07. The quantitative estimate of drug-likeness (QED) is 0.428. The SMILES string of the molecule is Cc1c([C@@H]2C=C(C(=O)Nc3cccc(O)c3)O[C@H](OCCCO)C2)c(=O)n(-c2ccccc2)n1C. The minimum absolute atomic E-state index is 0.0193. The fraction of sp³-hybridized carbons (Fsp3) is 0.308. The molecule has 0 radical (unpaired) electrons. The molecule has 1 aliphatic heterocycles.